The van der Waals surface area contributed by atoms with Crippen molar-refractivity contribution in [2.24, 2.45) is 5.73 Å². The zero-order valence-corrected chi connectivity index (χ0v) is 22.3. The number of allylic oxidation sites excluding steroid dienone is 2. The first kappa shape index (κ1) is 29.9. The van der Waals surface area contributed by atoms with Crippen LogP contribution < -0.4 is 16.4 Å². The number of benzene rings is 2. The van der Waals surface area contributed by atoms with Gasteiger partial charge in [0.25, 0.3) is 5.91 Å². The summed E-state index contributed by atoms with van der Waals surface area (Å²) in [4.78, 5) is 25.1. The molecule has 0 bridgehead atoms. The van der Waals surface area contributed by atoms with E-state index >= 15 is 0 Å². The molecule has 0 radical (unpaired) electrons. The summed E-state index contributed by atoms with van der Waals surface area (Å²) in [7, 11) is 0. The molecule has 5 rings (SSSR count). The number of hydrogen-bond donors (Lipinski definition) is 4. The number of amides is 2. The smallest absolute Gasteiger partial charge is 0.388 e. The largest absolute Gasteiger partial charge is 0.435 e. The van der Waals surface area contributed by atoms with Crippen molar-refractivity contribution in [3.8, 4) is 0 Å². The van der Waals surface area contributed by atoms with Crippen LogP contribution in [0.3, 0.4) is 0 Å². The van der Waals surface area contributed by atoms with Gasteiger partial charge in [0.1, 0.15) is 24.0 Å². The summed E-state index contributed by atoms with van der Waals surface area (Å²) in [6.07, 6.45) is -2.90. The first-order valence-corrected chi connectivity index (χ1v) is 13.1. The first-order chi connectivity index (χ1) is 20.3. The molecule has 43 heavy (non-hydrogen) atoms. The van der Waals surface area contributed by atoms with Crippen molar-refractivity contribution in [2.45, 2.75) is 44.1 Å². The number of aliphatic hydroxyl groups is 1. The lowest BCUT2D eigenvalue weighted by Crippen LogP contribution is -2.44. The fourth-order valence-corrected chi connectivity index (χ4v) is 5.42. The van der Waals surface area contributed by atoms with Crippen molar-refractivity contribution in [2.75, 3.05) is 6.54 Å². The van der Waals surface area contributed by atoms with E-state index in [4.69, 9.17) is 5.73 Å². The van der Waals surface area contributed by atoms with Gasteiger partial charge in [0, 0.05) is 35.1 Å². The third-order valence-electron chi connectivity index (χ3n) is 7.22. The van der Waals surface area contributed by atoms with Crippen LogP contribution in [0.15, 0.2) is 54.2 Å². The number of fused-ring (bicyclic) bond motifs is 1. The molecule has 1 unspecified atom stereocenters. The molecule has 3 aromatic rings. The Bertz CT molecular complexity index is 1640. The number of halogens is 6. The van der Waals surface area contributed by atoms with Gasteiger partial charge < -0.3 is 21.5 Å². The van der Waals surface area contributed by atoms with E-state index in [1.807, 2.05) is 0 Å². The Labute approximate surface area is 240 Å². The Morgan fingerprint density at radius 1 is 1.14 bits per heavy atom. The summed E-state index contributed by atoms with van der Waals surface area (Å²) in [5, 5.41) is 19.5. The van der Waals surface area contributed by atoms with E-state index < -0.39 is 59.8 Å². The average Bonchev–Trinajstić information content (AvgIpc) is 3.48. The van der Waals surface area contributed by atoms with Gasteiger partial charge in [0.05, 0.1) is 17.7 Å². The number of alkyl halides is 3. The topological polar surface area (TPSA) is 122 Å². The quantitative estimate of drug-likeness (QED) is 0.292. The lowest BCUT2D eigenvalue weighted by atomic mass is 9.92. The second-order valence-electron chi connectivity index (χ2n) is 10.2. The molecule has 2 aromatic carbocycles. The van der Waals surface area contributed by atoms with Crippen molar-refractivity contribution in [1.82, 2.24) is 20.4 Å². The lowest BCUT2D eigenvalue weighted by Gasteiger charge is -2.28. The van der Waals surface area contributed by atoms with Crippen LogP contribution in [-0.2, 0) is 30.4 Å². The fourth-order valence-electron chi connectivity index (χ4n) is 5.42. The summed E-state index contributed by atoms with van der Waals surface area (Å²) in [5.74, 6) is -4.35. The van der Waals surface area contributed by atoms with Gasteiger partial charge in [-0.25, -0.2) is 13.2 Å². The van der Waals surface area contributed by atoms with E-state index in [2.05, 4.69) is 15.7 Å². The van der Waals surface area contributed by atoms with Crippen LogP contribution in [0.5, 0.6) is 0 Å². The number of aromatic nitrogens is 2. The minimum atomic E-state index is -4.85. The van der Waals surface area contributed by atoms with Crippen LogP contribution in [0.1, 0.15) is 51.0 Å². The van der Waals surface area contributed by atoms with Crippen LogP contribution in [0.4, 0.5) is 26.3 Å². The van der Waals surface area contributed by atoms with Gasteiger partial charge in [0.2, 0.25) is 5.91 Å². The molecule has 5 N–H and O–H groups in total. The second kappa shape index (κ2) is 11.6. The van der Waals surface area contributed by atoms with Gasteiger partial charge in [-0.2, -0.15) is 18.3 Å². The first-order valence-electron chi connectivity index (χ1n) is 13.1. The zero-order chi connectivity index (χ0) is 31.1. The maximum atomic E-state index is 14.2. The van der Waals surface area contributed by atoms with Gasteiger partial charge in [-0.05, 0) is 54.7 Å². The molecule has 2 heterocycles. The van der Waals surface area contributed by atoms with Crippen molar-refractivity contribution >= 4 is 17.4 Å². The van der Waals surface area contributed by atoms with Crippen molar-refractivity contribution < 1.29 is 41.0 Å². The van der Waals surface area contributed by atoms with Crippen molar-refractivity contribution in [1.29, 1.82) is 0 Å². The van der Waals surface area contributed by atoms with E-state index in [9.17, 15) is 41.0 Å². The number of carbonyl (C=O) groups excluding carboxylic acids is 2. The summed E-state index contributed by atoms with van der Waals surface area (Å²) >= 11 is 0. The Hall–Kier alpha value is -4.59. The molecule has 0 saturated carbocycles. The van der Waals surface area contributed by atoms with Crippen LogP contribution in [-0.4, -0.2) is 39.3 Å². The summed E-state index contributed by atoms with van der Waals surface area (Å²) < 4.78 is 84.1. The molecular formula is C29H25F6N5O3. The van der Waals surface area contributed by atoms with Gasteiger partial charge in [-0.15, -0.1) is 0 Å². The predicted octanol–water partition coefficient (Wildman–Crippen LogP) is 3.70. The van der Waals surface area contributed by atoms with E-state index in [1.165, 1.54) is 12.1 Å². The molecule has 8 nitrogen and oxygen atoms in total. The third kappa shape index (κ3) is 6.28. The summed E-state index contributed by atoms with van der Waals surface area (Å²) in [6.45, 7) is -0.369. The number of aliphatic hydroxyl groups excluding tert-OH is 1. The highest BCUT2D eigenvalue weighted by atomic mass is 19.4. The molecule has 0 spiro atoms. The number of nitrogens with zero attached hydrogens (tertiary/aromatic N) is 2. The Morgan fingerprint density at radius 3 is 2.53 bits per heavy atom. The Morgan fingerprint density at radius 2 is 1.86 bits per heavy atom. The number of carbonyl (C=O) groups is 2. The lowest BCUT2D eigenvalue weighted by molar-refractivity contribution is -0.143. The minimum Gasteiger partial charge on any atom is -0.388 e. The van der Waals surface area contributed by atoms with Crippen molar-refractivity contribution in [3.05, 3.63) is 105 Å². The number of dihydropyridines is 1. The second-order valence-corrected chi connectivity index (χ2v) is 10.2. The van der Waals surface area contributed by atoms with E-state index in [1.54, 1.807) is 12.2 Å². The standard InChI is InChI=1S/C29H25F6N5O3/c30-16-8-14(9-17(31)12-16)10-21(26-18(2-1-7-37-26)15-3-4-20(32)19(11-15)28(36)43)38-24(42)13-40-22-5-6-23(41)25(22)27(39-40)29(33,34)35/h1-4,8-9,11-12,21,23,37,41H,5-7,10,13H2,(H2,36,43)(H,38,42)/t21-,23?/m0/s1. The highest BCUT2D eigenvalue weighted by Gasteiger charge is 2.43. The summed E-state index contributed by atoms with van der Waals surface area (Å²) in [5.41, 5.74) is 4.61. The molecule has 14 heteroatoms. The van der Waals surface area contributed by atoms with Crippen LogP contribution in [0, 0.1) is 17.5 Å². The maximum Gasteiger partial charge on any atom is 0.435 e. The summed E-state index contributed by atoms with van der Waals surface area (Å²) in [6, 6.07) is 5.45. The van der Waals surface area contributed by atoms with E-state index in [-0.39, 0.29) is 48.2 Å². The molecule has 226 valence electrons. The number of primary amides is 1. The highest BCUT2D eigenvalue weighted by molar-refractivity contribution is 5.94. The third-order valence-corrected chi connectivity index (χ3v) is 7.22. The fraction of sp³-hybridized carbons (Fsp3) is 0.276. The molecule has 1 aromatic heterocycles. The molecular weight excluding hydrogens is 580 g/mol. The number of hydrogen-bond acceptors (Lipinski definition) is 5. The van der Waals surface area contributed by atoms with Gasteiger partial charge in [-0.1, -0.05) is 18.2 Å². The molecule has 1 aliphatic carbocycles. The molecule has 2 aliphatic rings. The molecule has 2 amide bonds. The molecule has 0 saturated heterocycles. The van der Waals surface area contributed by atoms with Gasteiger partial charge >= 0.3 is 6.18 Å². The number of rotatable bonds is 8. The van der Waals surface area contributed by atoms with Crippen LogP contribution in [0.2, 0.25) is 0 Å². The van der Waals surface area contributed by atoms with Gasteiger partial charge in [0.15, 0.2) is 5.69 Å². The Balaban J connectivity index is 1.53. The molecule has 0 fully saturated rings. The van der Waals surface area contributed by atoms with Gasteiger partial charge in [-0.3, -0.25) is 14.3 Å². The minimum absolute atomic E-state index is 0.0447. The van der Waals surface area contributed by atoms with Crippen LogP contribution >= 0.6 is 0 Å². The monoisotopic (exact) mass is 605 g/mol. The molecule has 1 aliphatic heterocycles. The highest BCUT2D eigenvalue weighted by Crippen LogP contribution is 2.41. The normalized spacial score (nSPS) is 17.0. The maximum absolute atomic E-state index is 14.2. The van der Waals surface area contributed by atoms with E-state index in [0.717, 1.165) is 22.9 Å². The Kier molecular flexibility index (Phi) is 8.06. The van der Waals surface area contributed by atoms with E-state index in [0.29, 0.717) is 22.9 Å². The van der Waals surface area contributed by atoms with Crippen molar-refractivity contribution in [3.63, 3.8) is 0 Å². The SMILES string of the molecule is NC(=O)c1cc(C2=C([C@H](Cc3cc(F)cc(F)c3)NC(=O)Cn3nc(C(F)(F)F)c4c3CCC4O)NCC=C2)ccc1F. The number of nitrogens with two attached hydrogens (primary N) is 1. The van der Waals surface area contributed by atoms with Crippen LogP contribution in [0.25, 0.3) is 5.57 Å². The zero-order valence-electron chi connectivity index (χ0n) is 22.3. The number of nitrogens with one attached hydrogen (secondary N) is 2. The predicted molar refractivity (Wildman–Crippen MR) is 141 cm³/mol. The average molecular weight is 606 g/mol. The molecule has 2 atom stereocenters.